The molecule has 118 valence electrons. The Bertz CT molecular complexity index is 778. The van der Waals surface area contributed by atoms with Gasteiger partial charge in [0.25, 0.3) is 0 Å². The van der Waals surface area contributed by atoms with Gasteiger partial charge < -0.3 is 4.74 Å². The van der Waals surface area contributed by atoms with Crippen LogP contribution in [0.15, 0.2) is 42.5 Å². The number of benzene rings is 2. The van der Waals surface area contributed by atoms with Crippen LogP contribution in [0.1, 0.15) is 5.56 Å². The predicted octanol–water partition coefficient (Wildman–Crippen LogP) is 3.97. The van der Waals surface area contributed by atoms with Crippen molar-refractivity contribution < 1.29 is 13.2 Å². The Balaban J connectivity index is 2.48. The van der Waals surface area contributed by atoms with Gasteiger partial charge in [-0.1, -0.05) is 41.4 Å². The molecule has 0 aliphatic heterocycles. The summed E-state index contributed by atoms with van der Waals surface area (Å²) in [4.78, 5) is 0. The van der Waals surface area contributed by atoms with Crippen LogP contribution in [0.2, 0.25) is 10.0 Å². The van der Waals surface area contributed by atoms with Crippen LogP contribution in [0.25, 0.3) is 0 Å². The highest BCUT2D eigenvalue weighted by Crippen LogP contribution is 2.32. The molecule has 0 atom stereocenters. The molecule has 0 amide bonds. The van der Waals surface area contributed by atoms with E-state index >= 15 is 0 Å². The first-order chi connectivity index (χ1) is 10.3. The Hall–Kier alpha value is -1.43. The Morgan fingerprint density at radius 2 is 1.82 bits per heavy atom. The quantitative estimate of drug-likeness (QED) is 0.811. The number of nitrogens with zero attached hydrogens (tertiary/aromatic N) is 1. The molecule has 2 rings (SSSR count). The molecule has 0 saturated heterocycles. The van der Waals surface area contributed by atoms with Gasteiger partial charge in [0.15, 0.2) is 0 Å². The van der Waals surface area contributed by atoms with Gasteiger partial charge in [-0.2, -0.15) is 0 Å². The highest BCUT2D eigenvalue weighted by atomic mass is 35.5. The zero-order valence-electron chi connectivity index (χ0n) is 12.1. The van der Waals surface area contributed by atoms with Crippen LogP contribution in [0.5, 0.6) is 5.75 Å². The van der Waals surface area contributed by atoms with Gasteiger partial charge in [-0.3, -0.25) is 4.31 Å². The molecule has 0 N–H and O–H groups in total. The molecule has 0 unspecified atom stereocenters. The molecule has 22 heavy (non-hydrogen) atoms. The third-order valence-electron chi connectivity index (χ3n) is 3.08. The fraction of sp³-hybridized carbons (Fsp3) is 0.200. The van der Waals surface area contributed by atoms with E-state index in [0.29, 0.717) is 27.0 Å². The molecular weight excluding hydrogens is 345 g/mol. The number of hydrogen-bond acceptors (Lipinski definition) is 3. The number of sulfonamides is 1. The van der Waals surface area contributed by atoms with Crippen LogP contribution in [0.4, 0.5) is 5.69 Å². The summed E-state index contributed by atoms with van der Waals surface area (Å²) in [5.41, 5.74) is 1.11. The third kappa shape index (κ3) is 3.85. The Kier molecular flexibility index (Phi) is 5.21. The molecule has 0 spiro atoms. The summed E-state index contributed by atoms with van der Waals surface area (Å²) >= 11 is 12.0. The minimum Gasteiger partial charge on any atom is -0.495 e. The third-order valence-corrected chi connectivity index (χ3v) is 4.80. The molecule has 0 heterocycles. The lowest BCUT2D eigenvalue weighted by atomic mass is 10.2. The van der Waals surface area contributed by atoms with Crippen molar-refractivity contribution in [1.82, 2.24) is 0 Å². The van der Waals surface area contributed by atoms with Crippen LogP contribution in [-0.4, -0.2) is 21.8 Å². The average Bonchev–Trinajstić information content (AvgIpc) is 2.45. The molecule has 0 aliphatic carbocycles. The van der Waals surface area contributed by atoms with Crippen LogP contribution < -0.4 is 9.04 Å². The number of rotatable bonds is 5. The Morgan fingerprint density at radius 3 is 2.41 bits per heavy atom. The lowest BCUT2D eigenvalue weighted by Gasteiger charge is -2.24. The second kappa shape index (κ2) is 6.77. The molecule has 7 heteroatoms. The van der Waals surface area contributed by atoms with E-state index in [9.17, 15) is 8.42 Å². The molecule has 0 saturated carbocycles. The van der Waals surface area contributed by atoms with Gasteiger partial charge in [-0.25, -0.2) is 8.42 Å². The Labute approximate surface area is 140 Å². The maximum atomic E-state index is 12.2. The number of hydrogen-bond donors (Lipinski definition) is 0. The minimum atomic E-state index is -3.51. The van der Waals surface area contributed by atoms with Crippen LogP contribution in [0, 0.1) is 0 Å². The second-order valence-electron chi connectivity index (χ2n) is 4.68. The van der Waals surface area contributed by atoms with Crippen molar-refractivity contribution >= 4 is 38.9 Å². The molecular formula is C15H15Cl2NO3S. The maximum Gasteiger partial charge on any atom is 0.232 e. The van der Waals surface area contributed by atoms with Gasteiger partial charge >= 0.3 is 0 Å². The fourth-order valence-electron chi connectivity index (χ4n) is 2.02. The molecule has 0 bridgehead atoms. The van der Waals surface area contributed by atoms with Gasteiger partial charge in [-0.05, 0) is 29.8 Å². The minimum absolute atomic E-state index is 0.0925. The van der Waals surface area contributed by atoms with Gasteiger partial charge in [0, 0.05) is 10.0 Å². The number of para-hydroxylation sites is 2. The summed E-state index contributed by atoms with van der Waals surface area (Å²) in [7, 11) is -2.02. The van der Waals surface area contributed by atoms with Gasteiger partial charge in [0.05, 0.1) is 25.6 Å². The number of ether oxygens (including phenoxy) is 1. The van der Waals surface area contributed by atoms with Crippen molar-refractivity contribution in [3.8, 4) is 5.75 Å². The maximum absolute atomic E-state index is 12.2. The van der Waals surface area contributed by atoms with Crippen molar-refractivity contribution in [3.05, 3.63) is 58.1 Å². The van der Waals surface area contributed by atoms with E-state index in [0.717, 1.165) is 6.26 Å². The van der Waals surface area contributed by atoms with E-state index in [1.165, 1.54) is 11.4 Å². The molecule has 0 aromatic heterocycles. The van der Waals surface area contributed by atoms with Crippen molar-refractivity contribution in [2.24, 2.45) is 0 Å². The second-order valence-corrected chi connectivity index (χ2v) is 7.43. The van der Waals surface area contributed by atoms with Gasteiger partial charge in [0.1, 0.15) is 5.75 Å². The van der Waals surface area contributed by atoms with E-state index in [4.69, 9.17) is 27.9 Å². The molecule has 0 fully saturated rings. The first-order valence-electron chi connectivity index (χ1n) is 6.37. The SMILES string of the molecule is COc1ccccc1N(Cc1ccc(Cl)cc1Cl)S(C)(=O)=O. The molecule has 2 aromatic rings. The summed E-state index contributed by atoms with van der Waals surface area (Å²) in [6.07, 6.45) is 1.14. The molecule has 0 aliphatic rings. The Morgan fingerprint density at radius 1 is 1.14 bits per heavy atom. The summed E-state index contributed by atoms with van der Waals surface area (Å²) in [5.74, 6) is 0.470. The van der Waals surface area contributed by atoms with E-state index in [1.807, 2.05) is 0 Å². The highest BCUT2D eigenvalue weighted by Gasteiger charge is 2.22. The van der Waals surface area contributed by atoms with Crippen molar-refractivity contribution in [2.45, 2.75) is 6.54 Å². The van der Waals surface area contributed by atoms with Crippen LogP contribution >= 0.6 is 23.2 Å². The molecule has 4 nitrogen and oxygen atoms in total. The standard InChI is InChI=1S/C15H15Cl2NO3S/c1-21-15-6-4-3-5-14(15)18(22(2,19)20)10-11-7-8-12(16)9-13(11)17/h3-9H,10H2,1-2H3. The topological polar surface area (TPSA) is 46.6 Å². The van der Waals surface area contributed by atoms with E-state index in [1.54, 1.807) is 42.5 Å². The summed E-state index contributed by atoms with van der Waals surface area (Å²) in [5, 5.41) is 0.910. The normalized spacial score (nSPS) is 11.3. The largest absolute Gasteiger partial charge is 0.495 e. The number of methoxy groups -OCH3 is 1. The summed E-state index contributed by atoms with van der Waals surface area (Å²) in [6.45, 7) is 0.0925. The van der Waals surface area contributed by atoms with Crippen molar-refractivity contribution in [3.63, 3.8) is 0 Å². The zero-order valence-corrected chi connectivity index (χ0v) is 14.4. The van der Waals surface area contributed by atoms with Crippen LogP contribution in [-0.2, 0) is 16.6 Å². The smallest absolute Gasteiger partial charge is 0.232 e. The number of halogens is 2. The summed E-state index contributed by atoms with van der Waals surface area (Å²) < 4.78 is 30.9. The lowest BCUT2D eigenvalue weighted by Crippen LogP contribution is -2.29. The highest BCUT2D eigenvalue weighted by molar-refractivity contribution is 7.92. The van der Waals surface area contributed by atoms with Gasteiger partial charge in [0.2, 0.25) is 10.0 Å². The molecule has 2 aromatic carbocycles. The molecule has 0 radical (unpaired) electrons. The zero-order chi connectivity index (χ0) is 16.3. The average molecular weight is 360 g/mol. The summed E-state index contributed by atoms with van der Waals surface area (Å²) in [6, 6.07) is 11.9. The lowest BCUT2D eigenvalue weighted by molar-refractivity contribution is 0.415. The van der Waals surface area contributed by atoms with Crippen molar-refractivity contribution in [2.75, 3.05) is 17.7 Å². The van der Waals surface area contributed by atoms with Crippen molar-refractivity contribution in [1.29, 1.82) is 0 Å². The first kappa shape index (κ1) is 16.9. The fourth-order valence-corrected chi connectivity index (χ4v) is 3.37. The van der Waals surface area contributed by atoms with E-state index in [2.05, 4.69) is 0 Å². The van der Waals surface area contributed by atoms with Crippen LogP contribution in [0.3, 0.4) is 0 Å². The monoisotopic (exact) mass is 359 g/mol. The first-order valence-corrected chi connectivity index (χ1v) is 8.98. The van der Waals surface area contributed by atoms with E-state index < -0.39 is 10.0 Å². The predicted molar refractivity (Wildman–Crippen MR) is 90.5 cm³/mol. The van der Waals surface area contributed by atoms with E-state index in [-0.39, 0.29) is 6.54 Å². The van der Waals surface area contributed by atoms with Gasteiger partial charge in [-0.15, -0.1) is 0 Å². The number of anilines is 1.